The van der Waals surface area contributed by atoms with E-state index in [9.17, 15) is 13.2 Å². The molecule has 0 bridgehead atoms. The van der Waals surface area contributed by atoms with E-state index < -0.39 is 9.84 Å². The average molecular weight is 415 g/mol. The summed E-state index contributed by atoms with van der Waals surface area (Å²) in [5.41, 5.74) is 2.80. The van der Waals surface area contributed by atoms with Crippen molar-refractivity contribution in [1.29, 1.82) is 0 Å². The van der Waals surface area contributed by atoms with Crippen LogP contribution in [0, 0.1) is 11.8 Å². The molecule has 0 radical (unpaired) electrons. The van der Waals surface area contributed by atoms with Crippen molar-refractivity contribution in [2.75, 3.05) is 19.3 Å². The first-order chi connectivity index (χ1) is 13.7. The van der Waals surface area contributed by atoms with Crippen LogP contribution in [0.5, 0.6) is 0 Å². The maximum Gasteiger partial charge on any atom is 0.251 e. The first-order valence-electron chi connectivity index (χ1n) is 10.1. The first kappa shape index (κ1) is 21.5. The molecule has 2 atom stereocenters. The lowest BCUT2D eigenvalue weighted by Gasteiger charge is -2.35. The minimum Gasteiger partial charge on any atom is -0.348 e. The van der Waals surface area contributed by atoms with Gasteiger partial charge in [0, 0.05) is 38.0 Å². The molecule has 2 aromatic carbocycles. The molecule has 0 saturated carbocycles. The van der Waals surface area contributed by atoms with Gasteiger partial charge < -0.3 is 5.32 Å². The summed E-state index contributed by atoms with van der Waals surface area (Å²) < 4.78 is 23.1. The van der Waals surface area contributed by atoms with Gasteiger partial charge in [-0.2, -0.15) is 0 Å². The summed E-state index contributed by atoms with van der Waals surface area (Å²) in [6.07, 6.45) is 2.44. The van der Waals surface area contributed by atoms with Gasteiger partial charge in [-0.15, -0.1) is 0 Å². The highest BCUT2D eigenvalue weighted by Crippen LogP contribution is 2.23. The van der Waals surface area contributed by atoms with Crippen molar-refractivity contribution in [3.05, 3.63) is 65.2 Å². The number of sulfone groups is 1. The molecule has 1 aliphatic rings. The van der Waals surface area contributed by atoms with Gasteiger partial charge in [-0.1, -0.05) is 38.1 Å². The van der Waals surface area contributed by atoms with E-state index in [0.29, 0.717) is 23.9 Å². The molecule has 0 unspecified atom stereocenters. The highest BCUT2D eigenvalue weighted by atomic mass is 32.2. The highest BCUT2D eigenvalue weighted by molar-refractivity contribution is 7.90. The number of carbonyl (C=O) groups is 1. The number of rotatable bonds is 6. The van der Waals surface area contributed by atoms with Gasteiger partial charge in [-0.05, 0) is 53.6 Å². The normalized spacial score (nSPS) is 20.4. The van der Waals surface area contributed by atoms with Gasteiger partial charge in [0.05, 0.1) is 4.90 Å². The first-order valence-corrected chi connectivity index (χ1v) is 12.0. The van der Waals surface area contributed by atoms with Gasteiger partial charge in [0.25, 0.3) is 5.91 Å². The van der Waals surface area contributed by atoms with Crippen molar-refractivity contribution < 1.29 is 13.2 Å². The summed E-state index contributed by atoms with van der Waals surface area (Å²) in [5.74, 6) is 1.21. The molecule has 2 aromatic rings. The molecule has 1 heterocycles. The summed E-state index contributed by atoms with van der Waals surface area (Å²) >= 11 is 0. The second kappa shape index (κ2) is 9.09. The third-order valence-corrected chi connectivity index (χ3v) is 6.57. The van der Waals surface area contributed by atoms with Gasteiger partial charge in [-0.25, -0.2) is 8.42 Å². The number of amides is 1. The topological polar surface area (TPSA) is 66.5 Å². The summed E-state index contributed by atoms with van der Waals surface area (Å²) in [5, 5.41) is 2.96. The fourth-order valence-electron chi connectivity index (χ4n) is 4.18. The Morgan fingerprint density at radius 1 is 1.00 bits per heavy atom. The lowest BCUT2D eigenvalue weighted by Crippen LogP contribution is -2.38. The largest absolute Gasteiger partial charge is 0.348 e. The predicted octanol–water partition coefficient (Wildman–Crippen LogP) is 3.50. The molecule has 0 spiro atoms. The lowest BCUT2D eigenvalue weighted by atomic mass is 9.91. The quantitative estimate of drug-likeness (QED) is 0.786. The average Bonchev–Trinajstić information content (AvgIpc) is 2.65. The minimum atomic E-state index is -3.26. The van der Waals surface area contributed by atoms with Gasteiger partial charge in [-0.3, -0.25) is 9.69 Å². The van der Waals surface area contributed by atoms with E-state index in [4.69, 9.17) is 0 Å². The molecule has 1 N–H and O–H groups in total. The van der Waals surface area contributed by atoms with Crippen molar-refractivity contribution in [2.24, 2.45) is 11.8 Å². The molecule has 156 valence electrons. The van der Waals surface area contributed by atoms with Gasteiger partial charge >= 0.3 is 0 Å². The third kappa shape index (κ3) is 5.90. The molecule has 1 saturated heterocycles. The van der Waals surface area contributed by atoms with Crippen LogP contribution in [-0.4, -0.2) is 38.6 Å². The number of nitrogens with one attached hydrogen (secondary N) is 1. The number of benzene rings is 2. The smallest absolute Gasteiger partial charge is 0.251 e. The highest BCUT2D eigenvalue weighted by Gasteiger charge is 2.22. The molecule has 29 heavy (non-hydrogen) atoms. The number of likely N-dealkylation sites (tertiary alicyclic amines) is 1. The maximum absolute atomic E-state index is 12.5. The Morgan fingerprint density at radius 2 is 1.59 bits per heavy atom. The molecule has 5 nitrogen and oxygen atoms in total. The molecule has 0 aromatic heterocycles. The Bertz CT molecular complexity index is 944. The van der Waals surface area contributed by atoms with Crippen LogP contribution in [0.15, 0.2) is 53.4 Å². The van der Waals surface area contributed by atoms with Crippen molar-refractivity contribution in [1.82, 2.24) is 10.2 Å². The Labute approximate surface area is 174 Å². The van der Waals surface area contributed by atoms with Gasteiger partial charge in [0.2, 0.25) is 0 Å². The molecule has 3 rings (SSSR count). The summed E-state index contributed by atoms with van der Waals surface area (Å²) in [6.45, 7) is 8.18. The zero-order valence-electron chi connectivity index (χ0n) is 17.4. The van der Waals surface area contributed by atoms with Gasteiger partial charge in [0.1, 0.15) is 0 Å². The Morgan fingerprint density at radius 3 is 2.17 bits per heavy atom. The SMILES string of the molecule is C[C@@H]1C[C@@H](C)CN(Cc2ccccc2CNC(=O)c2ccc(S(C)(=O)=O)cc2)C1. The summed E-state index contributed by atoms with van der Waals surface area (Å²) in [7, 11) is -3.26. The Kier molecular flexibility index (Phi) is 6.75. The molecule has 1 fully saturated rings. The van der Waals surface area contributed by atoms with Crippen LogP contribution in [0.3, 0.4) is 0 Å². The number of piperidine rings is 1. The Balaban J connectivity index is 1.64. The second-order valence-electron chi connectivity index (χ2n) is 8.39. The zero-order valence-corrected chi connectivity index (χ0v) is 18.2. The molecule has 6 heteroatoms. The Hall–Kier alpha value is -2.18. The van der Waals surface area contributed by atoms with Crippen molar-refractivity contribution in [3.8, 4) is 0 Å². The fourth-order valence-corrected chi connectivity index (χ4v) is 4.81. The van der Waals surface area contributed by atoms with E-state index >= 15 is 0 Å². The van der Waals surface area contributed by atoms with Crippen LogP contribution >= 0.6 is 0 Å². The van der Waals surface area contributed by atoms with E-state index in [2.05, 4.69) is 36.2 Å². The van der Waals surface area contributed by atoms with Crippen LogP contribution in [0.4, 0.5) is 0 Å². The second-order valence-corrected chi connectivity index (χ2v) is 10.4. The molecule has 1 aliphatic heterocycles. The maximum atomic E-state index is 12.5. The van der Waals surface area contributed by atoms with Crippen molar-refractivity contribution in [3.63, 3.8) is 0 Å². The molecular formula is C23H30N2O3S. The lowest BCUT2D eigenvalue weighted by molar-refractivity contribution is 0.0950. The van der Waals surface area contributed by atoms with E-state index in [-0.39, 0.29) is 10.8 Å². The summed E-state index contributed by atoms with van der Waals surface area (Å²) in [4.78, 5) is 15.2. The van der Waals surface area contributed by atoms with Crippen molar-refractivity contribution >= 4 is 15.7 Å². The van der Waals surface area contributed by atoms with E-state index in [0.717, 1.165) is 31.5 Å². The number of hydrogen-bond donors (Lipinski definition) is 1. The number of nitrogens with zero attached hydrogens (tertiary/aromatic N) is 1. The van der Waals surface area contributed by atoms with Crippen LogP contribution < -0.4 is 5.32 Å². The van der Waals surface area contributed by atoms with E-state index in [1.54, 1.807) is 12.1 Å². The van der Waals surface area contributed by atoms with Crippen LogP contribution in [-0.2, 0) is 22.9 Å². The molecule has 1 amide bonds. The monoisotopic (exact) mass is 414 g/mol. The standard InChI is InChI=1S/C23H30N2O3S/c1-17-12-18(2)15-25(14-17)16-21-7-5-4-6-20(21)13-24-23(26)19-8-10-22(11-9-19)29(3,27)28/h4-11,17-18H,12-16H2,1-3H3,(H,24,26)/t17-,18-/m1/s1. The third-order valence-electron chi connectivity index (χ3n) is 5.44. The van der Waals surface area contributed by atoms with E-state index in [1.165, 1.54) is 24.1 Å². The molecular weight excluding hydrogens is 384 g/mol. The zero-order chi connectivity index (χ0) is 21.0. The molecule has 0 aliphatic carbocycles. The predicted molar refractivity (Wildman–Crippen MR) is 115 cm³/mol. The number of carbonyl (C=O) groups excluding carboxylic acids is 1. The van der Waals surface area contributed by atoms with Crippen LogP contribution in [0.1, 0.15) is 41.8 Å². The minimum absolute atomic E-state index is 0.208. The fraction of sp³-hybridized carbons (Fsp3) is 0.435. The van der Waals surface area contributed by atoms with Crippen LogP contribution in [0.25, 0.3) is 0 Å². The van der Waals surface area contributed by atoms with Gasteiger partial charge in [0.15, 0.2) is 9.84 Å². The number of hydrogen-bond acceptors (Lipinski definition) is 4. The van der Waals surface area contributed by atoms with Crippen LogP contribution in [0.2, 0.25) is 0 Å². The van der Waals surface area contributed by atoms with E-state index in [1.807, 2.05) is 12.1 Å². The summed E-state index contributed by atoms with van der Waals surface area (Å²) in [6, 6.07) is 14.3. The van der Waals surface area contributed by atoms with Crippen molar-refractivity contribution in [2.45, 2.75) is 38.3 Å².